The molecule has 94 heavy (non-hydrogen) atoms. The van der Waals surface area contributed by atoms with Crippen molar-refractivity contribution in [2.75, 3.05) is 42.7 Å². The highest BCUT2D eigenvalue weighted by atomic mass is 16.8. The quantitative estimate of drug-likeness (QED) is 0.0555. The van der Waals surface area contributed by atoms with Crippen LogP contribution in [0.15, 0.2) is 23.3 Å². The SMILES string of the molecule is CO[C@H]1C[C@H](O[C@H]2[C@@H](OC)C[C@H](O[C@@H]3[C@@H](C)O[C@@H](O[C@@H]4[C@@H](C)O[C@@H](O[C@H]5[C@@H](OC)C[C@H](O[C@H]6[C@@H](OC)C[C@H](O[C@H]7CC[C@@]8(C)C(=CC[C@]9(O)[C@@H]8C[C@@H](OC(=O)/C=C(\C)C(C)C)[C@]8(C)[C@H](C(C)=O)CC[C@@]89O)C7)O[C@@H]6C)O[C@@H]5C)C[C@H]4OC)C[C@H]3OC)O[C@@H]2C)O[C@H](C)[C@H]1O. The first-order valence-electron chi connectivity index (χ1n) is 34.8. The van der Waals surface area contributed by atoms with Crippen molar-refractivity contribution in [1.29, 1.82) is 0 Å². The molecule has 0 radical (unpaired) electrons. The highest BCUT2D eigenvalue weighted by Crippen LogP contribution is 2.70. The molecule has 9 fully saturated rings. The third kappa shape index (κ3) is 14.6. The van der Waals surface area contributed by atoms with Crippen LogP contribution < -0.4 is 0 Å². The van der Waals surface area contributed by atoms with Crippen molar-refractivity contribution in [2.24, 2.45) is 28.6 Å². The van der Waals surface area contributed by atoms with E-state index >= 15 is 0 Å². The number of rotatable bonds is 22. The van der Waals surface area contributed by atoms with Gasteiger partial charge in [0.15, 0.2) is 37.7 Å². The lowest BCUT2D eigenvalue weighted by atomic mass is 9.43. The Morgan fingerprint density at radius 2 is 0.904 bits per heavy atom. The number of esters is 1. The van der Waals surface area contributed by atoms with Crippen molar-refractivity contribution < 1.29 is 115 Å². The van der Waals surface area contributed by atoms with Gasteiger partial charge in [-0.3, -0.25) is 4.79 Å². The number of ketones is 1. The molecule has 24 heteroatoms. The van der Waals surface area contributed by atoms with Gasteiger partial charge in [0.2, 0.25) is 0 Å². The summed E-state index contributed by atoms with van der Waals surface area (Å²) >= 11 is 0. The fraction of sp³-hybridized carbons (Fsp3) is 0.914. The lowest BCUT2D eigenvalue weighted by molar-refractivity contribution is -0.355. The zero-order chi connectivity index (χ0) is 68.1. The average Bonchev–Trinajstić information content (AvgIpc) is 1.32. The van der Waals surface area contributed by atoms with Gasteiger partial charge in [0.05, 0.1) is 79.4 Å². The van der Waals surface area contributed by atoms with Crippen molar-refractivity contribution in [1.82, 2.24) is 0 Å². The fourth-order valence-electron chi connectivity index (χ4n) is 18.1. The molecule has 0 aromatic rings. The molecule has 32 atom stereocenters. The Morgan fingerprint density at radius 1 is 0.532 bits per heavy atom. The standard InChI is InChI=1S/C70H114O24/c1-34(2)35(3)25-54(72)89-53-33-52-67(11)22-20-44(26-43(67)19-23-69(52,74)70(75)24-21-45(36(4)71)68(53,70)12)88-55-28-47(77-14)62(38(6)83-55)91-57-30-49(79-16)64(40(8)85-57)93-59-32-51(81-18)66(42(10)87-59)94-60-31-50(80-17)65(41(9)86-60)92-58-29-48(78-15)63(39(7)84-58)90-56-27-46(76-13)61(73)37(5)82-56/h19,25,34,37-42,44-53,55-66,73-75H,20-24,26-33H2,1-18H3/b35-25+/t37-,38-,39-,40-,41-,42-,44+,45+,46+,47+,48+,49+,50-,51-,52-,53-,55+,56+,57+,58+,59+,60+,61-,62-,63-,64-,65-,66-,67+,68+,69+,70-/m1/s1. The lowest BCUT2D eigenvalue weighted by Crippen LogP contribution is -2.75. The smallest absolute Gasteiger partial charge is 0.330 e. The number of fused-ring (bicyclic) bond motifs is 5. The van der Waals surface area contributed by atoms with Crippen molar-refractivity contribution in [2.45, 2.75) is 338 Å². The number of hydrogen-bond donors (Lipinski definition) is 3. The Hall–Kier alpha value is -2.22. The molecule has 0 amide bonds. The second-order valence-corrected chi connectivity index (χ2v) is 29.6. The van der Waals surface area contributed by atoms with Crippen LogP contribution in [0.3, 0.4) is 0 Å². The second kappa shape index (κ2) is 30.5. The Morgan fingerprint density at radius 3 is 1.28 bits per heavy atom. The van der Waals surface area contributed by atoms with Crippen molar-refractivity contribution in [3.63, 3.8) is 0 Å². The van der Waals surface area contributed by atoms with Gasteiger partial charge < -0.3 is 105 Å². The highest BCUT2D eigenvalue weighted by molar-refractivity contribution is 5.83. The molecule has 6 heterocycles. The molecule has 6 aliphatic heterocycles. The van der Waals surface area contributed by atoms with Crippen LogP contribution in [0.25, 0.3) is 0 Å². The van der Waals surface area contributed by atoms with Crippen LogP contribution in [0, 0.1) is 28.6 Å². The van der Waals surface area contributed by atoms with Gasteiger partial charge in [-0.2, -0.15) is 0 Å². The Bertz CT molecular complexity index is 2590. The Balaban J connectivity index is 0.697. The molecule has 3 saturated carbocycles. The van der Waals surface area contributed by atoms with Crippen molar-refractivity contribution in [3.05, 3.63) is 23.3 Å². The van der Waals surface area contributed by atoms with E-state index in [0.717, 1.165) is 11.1 Å². The number of allylic oxidation sites excluding steroid dienone is 1. The van der Waals surface area contributed by atoms with E-state index in [1.165, 1.54) is 13.0 Å². The Labute approximate surface area is 556 Å². The van der Waals surface area contributed by atoms with Crippen LogP contribution in [0.5, 0.6) is 0 Å². The topological polar surface area (TPSA) is 270 Å². The van der Waals surface area contributed by atoms with Gasteiger partial charge in [0, 0.05) is 105 Å². The summed E-state index contributed by atoms with van der Waals surface area (Å²) < 4.78 is 121. The number of Topliss-reactive ketones (excluding diaryl/α,β-unsaturated/α-hetero) is 1. The molecule has 3 N–H and O–H groups in total. The fourth-order valence-corrected chi connectivity index (χ4v) is 18.1. The van der Waals surface area contributed by atoms with Crippen LogP contribution in [0.2, 0.25) is 0 Å². The summed E-state index contributed by atoms with van der Waals surface area (Å²) in [7, 11) is 9.82. The van der Waals surface area contributed by atoms with E-state index in [1.54, 1.807) is 49.6 Å². The molecular weight excluding hydrogens is 1220 g/mol. The van der Waals surface area contributed by atoms with Gasteiger partial charge in [0.1, 0.15) is 59.7 Å². The molecule has 0 aromatic carbocycles. The summed E-state index contributed by atoms with van der Waals surface area (Å²) in [4.78, 5) is 26.9. The van der Waals surface area contributed by atoms with Crippen molar-refractivity contribution >= 4 is 11.8 Å². The van der Waals surface area contributed by atoms with E-state index in [-0.39, 0.29) is 36.8 Å². The molecule has 10 rings (SSSR count). The van der Waals surface area contributed by atoms with Gasteiger partial charge in [-0.15, -0.1) is 0 Å². The lowest BCUT2D eigenvalue weighted by Gasteiger charge is -2.66. The molecule has 0 unspecified atom stereocenters. The summed E-state index contributed by atoms with van der Waals surface area (Å²) in [5.41, 5.74) is -2.94. The monoisotopic (exact) mass is 1340 g/mol. The van der Waals surface area contributed by atoms with Crippen LogP contribution in [0.1, 0.15) is 167 Å². The third-order valence-electron chi connectivity index (χ3n) is 23.9. The van der Waals surface area contributed by atoms with Gasteiger partial charge in [-0.1, -0.05) is 44.9 Å². The molecule has 24 nitrogen and oxygen atoms in total. The van der Waals surface area contributed by atoms with Crippen LogP contribution in [-0.2, 0) is 99.6 Å². The number of carbonyl (C=O) groups is 2. The Kier molecular flexibility index (Phi) is 24.2. The maximum absolute atomic E-state index is 13.6. The number of aliphatic hydroxyl groups is 3. The number of carbonyl (C=O) groups excluding carboxylic acids is 2. The third-order valence-corrected chi connectivity index (χ3v) is 23.9. The zero-order valence-corrected chi connectivity index (χ0v) is 59.0. The summed E-state index contributed by atoms with van der Waals surface area (Å²) in [6.45, 7) is 22.9. The predicted molar refractivity (Wildman–Crippen MR) is 336 cm³/mol. The number of hydrogen-bond acceptors (Lipinski definition) is 24. The first-order valence-corrected chi connectivity index (χ1v) is 34.8. The molecule has 4 aliphatic carbocycles. The molecule has 0 spiro atoms. The van der Waals surface area contributed by atoms with Crippen LogP contribution >= 0.6 is 0 Å². The molecule has 0 bridgehead atoms. The number of methoxy groups -OCH3 is 6. The highest BCUT2D eigenvalue weighted by Gasteiger charge is 2.77. The predicted octanol–water partition coefficient (Wildman–Crippen LogP) is 7.08. The number of aliphatic hydroxyl groups excluding tert-OH is 1. The summed E-state index contributed by atoms with van der Waals surface area (Å²) in [5, 5.41) is 36.5. The van der Waals surface area contributed by atoms with Crippen LogP contribution in [0.4, 0.5) is 0 Å². The minimum absolute atomic E-state index is 0.0793. The average molecular weight is 1340 g/mol. The minimum Gasteiger partial charge on any atom is -0.458 e. The summed E-state index contributed by atoms with van der Waals surface area (Å²) in [6, 6.07) is 0. The minimum atomic E-state index is -1.68. The van der Waals surface area contributed by atoms with E-state index in [9.17, 15) is 24.9 Å². The second-order valence-electron chi connectivity index (χ2n) is 29.6. The van der Waals surface area contributed by atoms with Crippen molar-refractivity contribution in [3.8, 4) is 0 Å². The molecule has 6 saturated heterocycles. The maximum Gasteiger partial charge on any atom is 0.330 e. The van der Waals surface area contributed by atoms with E-state index in [4.69, 9.17) is 90.0 Å². The largest absolute Gasteiger partial charge is 0.458 e. The van der Waals surface area contributed by atoms with E-state index in [2.05, 4.69) is 13.0 Å². The van der Waals surface area contributed by atoms with Gasteiger partial charge in [0.25, 0.3) is 0 Å². The first-order chi connectivity index (χ1) is 44.6. The maximum atomic E-state index is 13.6. The summed E-state index contributed by atoms with van der Waals surface area (Å²) in [5.74, 6) is -1.47. The number of ether oxygens (including phenoxy) is 19. The first kappa shape index (κ1) is 74.5. The van der Waals surface area contributed by atoms with Gasteiger partial charge >= 0.3 is 5.97 Å². The van der Waals surface area contributed by atoms with E-state index < -0.39 is 187 Å². The van der Waals surface area contributed by atoms with Gasteiger partial charge in [-0.05, 0) is 112 Å². The van der Waals surface area contributed by atoms with E-state index in [1.807, 2.05) is 62.3 Å². The summed E-state index contributed by atoms with van der Waals surface area (Å²) in [6.07, 6.45) is -4.38. The van der Waals surface area contributed by atoms with E-state index in [0.29, 0.717) is 70.6 Å². The molecular formula is C70H114O24. The molecule has 0 aromatic heterocycles. The zero-order valence-electron chi connectivity index (χ0n) is 59.0. The van der Waals surface area contributed by atoms with Gasteiger partial charge in [-0.25, -0.2) is 4.79 Å². The normalized spacial score (nSPS) is 49.3. The van der Waals surface area contributed by atoms with Crippen LogP contribution in [-0.4, -0.2) is 241 Å². The molecule has 538 valence electrons. The molecule has 10 aliphatic rings.